The number of hydrogen-bond acceptors (Lipinski definition) is 7. The molecule has 31 heavy (non-hydrogen) atoms. The van der Waals surface area contributed by atoms with Crippen LogP contribution in [0.1, 0.15) is 37.1 Å². The number of amides is 1. The lowest BCUT2D eigenvalue weighted by Crippen LogP contribution is -2.40. The molecule has 162 valence electrons. The fourth-order valence-electron chi connectivity index (χ4n) is 3.86. The van der Waals surface area contributed by atoms with E-state index in [1.807, 2.05) is 31.2 Å². The van der Waals surface area contributed by atoms with Crippen molar-refractivity contribution in [2.45, 2.75) is 51.2 Å². The zero-order valence-electron chi connectivity index (χ0n) is 17.3. The molecule has 0 atom stereocenters. The number of benzene rings is 1. The normalized spacial score (nSPS) is 17.8. The van der Waals surface area contributed by atoms with Crippen molar-refractivity contribution in [1.29, 1.82) is 0 Å². The van der Waals surface area contributed by atoms with Crippen LogP contribution < -0.4 is 15.8 Å². The lowest BCUT2D eigenvalue weighted by atomic mass is 9.92. The topological polar surface area (TPSA) is 140 Å². The molecular formula is C22H25N5O4. The van der Waals surface area contributed by atoms with Gasteiger partial charge in [-0.25, -0.2) is 4.98 Å². The molecule has 0 saturated heterocycles. The number of aromatic nitrogens is 3. The lowest BCUT2D eigenvalue weighted by molar-refractivity contribution is -0.191. The summed E-state index contributed by atoms with van der Waals surface area (Å²) in [5.74, 6) is 0.811. The number of nitrogens with two attached hydrogens (primary N) is 1. The molecule has 3 aromatic rings. The maximum Gasteiger partial charge on any atom is 0.373 e. The van der Waals surface area contributed by atoms with Crippen LogP contribution in [-0.2, 0) is 20.8 Å². The number of imidazole rings is 1. The maximum absolute atomic E-state index is 12.2. The molecule has 1 saturated carbocycles. The minimum absolute atomic E-state index is 0.0249. The van der Waals surface area contributed by atoms with Gasteiger partial charge in [0.05, 0.1) is 29.8 Å². The summed E-state index contributed by atoms with van der Waals surface area (Å²) in [5.41, 5.74) is 9.49. The molecule has 4 N–H and O–H groups in total. The quantitative estimate of drug-likeness (QED) is 0.572. The van der Waals surface area contributed by atoms with Crippen molar-refractivity contribution in [2.24, 2.45) is 0 Å². The first-order chi connectivity index (χ1) is 15.0. The number of anilines is 1. The summed E-state index contributed by atoms with van der Waals surface area (Å²) >= 11 is 0. The lowest BCUT2D eigenvalue weighted by Gasteiger charge is -2.30. The molecule has 0 unspecified atom stereocenters. The van der Waals surface area contributed by atoms with Gasteiger partial charge in [-0.3, -0.25) is 9.78 Å². The molecule has 0 spiro atoms. The second-order valence-electron chi connectivity index (χ2n) is 7.50. The molecule has 1 aromatic carbocycles. The smallest absolute Gasteiger partial charge is 0.373 e. The van der Waals surface area contributed by atoms with E-state index in [1.165, 1.54) is 0 Å². The molecule has 1 aliphatic rings. The predicted octanol–water partition coefficient (Wildman–Crippen LogP) is 2.31. The van der Waals surface area contributed by atoms with E-state index in [0.29, 0.717) is 12.1 Å². The highest BCUT2D eigenvalue weighted by molar-refractivity contribution is 5.95. The highest BCUT2D eigenvalue weighted by Crippen LogP contribution is 2.33. The van der Waals surface area contributed by atoms with Gasteiger partial charge in [-0.15, -0.1) is 0 Å². The van der Waals surface area contributed by atoms with E-state index in [0.717, 1.165) is 53.7 Å². The molecule has 0 aliphatic heterocycles. The van der Waals surface area contributed by atoms with Gasteiger partial charge in [0.1, 0.15) is 5.75 Å². The SMILES string of the molecule is Cc1cc(N)c2c(OC3CCC(NC(=O)Cc4cnc[nH]4)CC3)cccc2n1.O=C=O. The Hall–Kier alpha value is -3.71. The van der Waals surface area contributed by atoms with Gasteiger partial charge in [0, 0.05) is 29.3 Å². The Morgan fingerprint density at radius 2 is 2.03 bits per heavy atom. The van der Waals surface area contributed by atoms with Crippen LogP contribution in [0.25, 0.3) is 10.9 Å². The van der Waals surface area contributed by atoms with E-state index in [4.69, 9.17) is 20.1 Å². The zero-order valence-corrected chi connectivity index (χ0v) is 17.3. The van der Waals surface area contributed by atoms with E-state index >= 15 is 0 Å². The van der Waals surface area contributed by atoms with Gasteiger partial charge in [0.2, 0.25) is 5.91 Å². The van der Waals surface area contributed by atoms with Gasteiger partial charge in [-0.2, -0.15) is 9.59 Å². The van der Waals surface area contributed by atoms with Crippen LogP contribution in [0.5, 0.6) is 5.75 Å². The van der Waals surface area contributed by atoms with Crippen molar-refractivity contribution in [1.82, 2.24) is 20.3 Å². The standard InChI is InChI=1S/C21H25N5O2.CO2/c1-13-9-17(22)21-18(25-13)3-2-4-19(21)28-16-7-5-14(6-8-16)26-20(27)10-15-11-23-12-24-15;2-1-3/h2-4,9,11-12,14,16H,5-8,10H2,1H3,(H2,22,25)(H,23,24)(H,26,27);. The highest BCUT2D eigenvalue weighted by Gasteiger charge is 2.24. The van der Waals surface area contributed by atoms with Crippen molar-refractivity contribution >= 4 is 28.6 Å². The number of pyridine rings is 1. The highest BCUT2D eigenvalue weighted by atomic mass is 16.5. The van der Waals surface area contributed by atoms with Crippen LogP contribution in [0.4, 0.5) is 5.69 Å². The van der Waals surface area contributed by atoms with E-state index in [2.05, 4.69) is 20.3 Å². The Morgan fingerprint density at radius 3 is 2.71 bits per heavy atom. The first-order valence-corrected chi connectivity index (χ1v) is 10.1. The first kappa shape index (κ1) is 22.0. The third-order valence-corrected chi connectivity index (χ3v) is 5.19. The molecule has 0 radical (unpaired) electrons. The van der Waals surface area contributed by atoms with Gasteiger partial charge in [-0.05, 0) is 50.8 Å². The number of nitrogens with zero attached hydrogens (tertiary/aromatic N) is 2. The Kier molecular flexibility index (Phi) is 7.35. The summed E-state index contributed by atoms with van der Waals surface area (Å²) in [6, 6.07) is 7.93. The van der Waals surface area contributed by atoms with Gasteiger partial charge in [-0.1, -0.05) is 6.07 Å². The van der Waals surface area contributed by atoms with E-state index in [1.54, 1.807) is 12.5 Å². The maximum atomic E-state index is 12.2. The first-order valence-electron chi connectivity index (χ1n) is 10.1. The van der Waals surface area contributed by atoms with Gasteiger partial charge >= 0.3 is 6.15 Å². The number of carbonyl (C=O) groups excluding carboxylic acids is 3. The molecular weight excluding hydrogens is 398 g/mol. The Balaban J connectivity index is 0.000000858. The summed E-state index contributed by atoms with van der Waals surface area (Å²) < 4.78 is 6.28. The Labute approximate surface area is 179 Å². The van der Waals surface area contributed by atoms with Gasteiger partial charge in [0.25, 0.3) is 0 Å². The Bertz CT molecular complexity index is 1050. The van der Waals surface area contributed by atoms with Crippen LogP contribution in [0.2, 0.25) is 0 Å². The Morgan fingerprint density at radius 1 is 1.29 bits per heavy atom. The number of nitrogen functional groups attached to an aromatic ring is 1. The number of aromatic amines is 1. The molecule has 1 fully saturated rings. The van der Waals surface area contributed by atoms with Crippen molar-refractivity contribution in [3.8, 4) is 5.75 Å². The number of rotatable bonds is 5. The second-order valence-corrected chi connectivity index (χ2v) is 7.50. The number of fused-ring (bicyclic) bond motifs is 1. The van der Waals surface area contributed by atoms with Crippen LogP contribution in [0.15, 0.2) is 36.8 Å². The molecule has 1 amide bonds. The summed E-state index contributed by atoms with van der Waals surface area (Å²) in [5, 5.41) is 3.99. The largest absolute Gasteiger partial charge is 0.490 e. The molecule has 4 rings (SSSR count). The second kappa shape index (κ2) is 10.4. The van der Waals surface area contributed by atoms with Crippen molar-refractivity contribution < 1.29 is 19.1 Å². The van der Waals surface area contributed by atoms with Crippen LogP contribution >= 0.6 is 0 Å². The average molecular weight is 423 g/mol. The minimum Gasteiger partial charge on any atom is -0.490 e. The van der Waals surface area contributed by atoms with Crippen molar-refractivity contribution in [2.75, 3.05) is 5.73 Å². The van der Waals surface area contributed by atoms with E-state index < -0.39 is 0 Å². The summed E-state index contributed by atoms with van der Waals surface area (Å²) in [7, 11) is 0. The van der Waals surface area contributed by atoms with Crippen molar-refractivity contribution in [3.05, 3.63) is 48.2 Å². The minimum atomic E-state index is 0.0249. The number of aryl methyl sites for hydroxylation is 1. The molecule has 9 nitrogen and oxygen atoms in total. The van der Waals surface area contributed by atoms with Crippen LogP contribution in [0, 0.1) is 6.92 Å². The van der Waals surface area contributed by atoms with Crippen LogP contribution in [0.3, 0.4) is 0 Å². The average Bonchev–Trinajstić information content (AvgIpc) is 3.22. The fourth-order valence-corrected chi connectivity index (χ4v) is 3.86. The van der Waals surface area contributed by atoms with Crippen molar-refractivity contribution in [3.63, 3.8) is 0 Å². The van der Waals surface area contributed by atoms with E-state index in [-0.39, 0.29) is 24.2 Å². The molecule has 2 aromatic heterocycles. The third-order valence-electron chi connectivity index (χ3n) is 5.19. The number of hydrogen-bond donors (Lipinski definition) is 3. The number of carbonyl (C=O) groups is 1. The van der Waals surface area contributed by atoms with E-state index in [9.17, 15) is 4.79 Å². The summed E-state index contributed by atoms with van der Waals surface area (Å²) in [6.45, 7) is 1.94. The van der Waals surface area contributed by atoms with Crippen LogP contribution in [-0.4, -0.2) is 39.2 Å². The number of nitrogens with one attached hydrogen (secondary N) is 2. The molecule has 0 bridgehead atoms. The molecule has 2 heterocycles. The monoisotopic (exact) mass is 423 g/mol. The summed E-state index contributed by atoms with van der Waals surface area (Å²) in [4.78, 5) is 39.8. The van der Waals surface area contributed by atoms with Gasteiger partial charge in [0.15, 0.2) is 0 Å². The number of ether oxygens (including phenoxy) is 1. The third kappa shape index (κ3) is 5.90. The molecule has 1 aliphatic carbocycles. The summed E-state index contributed by atoms with van der Waals surface area (Å²) in [6.07, 6.45) is 7.55. The molecule has 9 heteroatoms. The fraction of sp³-hybridized carbons (Fsp3) is 0.364. The zero-order chi connectivity index (χ0) is 22.2. The predicted molar refractivity (Wildman–Crippen MR) is 113 cm³/mol. The van der Waals surface area contributed by atoms with Gasteiger partial charge < -0.3 is 20.8 Å². The number of H-pyrrole nitrogens is 1.